The molecule has 0 radical (unpaired) electrons. The third-order valence-corrected chi connectivity index (χ3v) is 5.50. The summed E-state index contributed by atoms with van der Waals surface area (Å²) >= 11 is 0. The van der Waals surface area contributed by atoms with Crippen molar-refractivity contribution in [1.29, 1.82) is 0 Å². The van der Waals surface area contributed by atoms with Crippen LogP contribution in [0.25, 0.3) is 0 Å². The highest BCUT2D eigenvalue weighted by Gasteiger charge is 2.50. The fraction of sp³-hybridized carbons (Fsp3) is 0.786. The number of nitrogens with zero attached hydrogens (tertiary/aromatic N) is 3. The van der Waals surface area contributed by atoms with Crippen LogP contribution in [0.3, 0.4) is 0 Å². The van der Waals surface area contributed by atoms with Gasteiger partial charge in [0.05, 0.1) is 6.04 Å². The van der Waals surface area contributed by atoms with Crippen molar-refractivity contribution >= 4 is 28.2 Å². The maximum Gasteiger partial charge on any atom is 0.418 e. The second kappa shape index (κ2) is 7.67. The number of urea groups is 1. The molecule has 3 rings (SSSR count). The van der Waals surface area contributed by atoms with E-state index in [1.165, 1.54) is 0 Å². The molecule has 0 aromatic heterocycles. The second-order valence-corrected chi connectivity index (χ2v) is 8.03. The molecule has 12 nitrogen and oxygen atoms in total. The molecule has 13 heteroatoms. The summed E-state index contributed by atoms with van der Waals surface area (Å²) in [6.45, 7) is 1.63. The smallest absolute Gasteiger partial charge is 0.316 e. The van der Waals surface area contributed by atoms with Gasteiger partial charge in [0.15, 0.2) is 0 Å². The molecule has 3 heterocycles. The lowest BCUT2D eigenvalue weighted by Gasteiger charge is -2.32. The van der Waals surface area contributed by atoms with Gasteiger partial charge < -0.3 is 10.2 Å². The first kappa shape index (κ1) is 19.9. The SMILES string of the molecule is NN(C(=O)CC1CCCNC1)C(=O)[C@@H]1CC[C@@H]2CN1C(=O)N2OS(=O)(=O)O. The first-order valence-corrected chi connectivity index (χ1v) is 10.1. The van der Waals surface area contributed by atoms with Gasteiger partial charge in [0, 0.05) is 13.0 Å². The Balaban J connectivity index is 1.63. The van der Waals surface area contributed by atoms with Crippen LogP contribution in [0.5, 0.6) is 0 Å². The molecule has 2 bridgehead atoms. The van der Waals surface area contributed by atoms with Crippen molar-refractivity contribution in [2.75, 3.05) is 19.6 Å². The summed E-state index contributed by atoms with van der Waals surface area (Å²) < 4.78 is 34.9. The van der Waals surface area contributed by atoms with Crippen LogP contribution < -0.4 is 11.2 Å². The summed E-state index contributed by atoms with van der Waals surface area (Å²) in [6, 6.07) is -2.47. The molecule has 0 aromatic rings. The maximum absolute atomic E-state index is 12.7. The molecule has 3 atom stereocenters. The van der Waals surface area contributed by atoms with E-state index in [1.807, 2.05) is 0 Å². The highest BCUT2D eigenvalue weighted by molar-refractivity contribution is 7.80. The zero-order chi connectivity index (χ0) is 19.8. The second-order valence-electron chi connectivity index (χ2n) is 7.03. The number of carbonyl (C=O) groups is 3. The highest BCUT2D eigenvalue weighted by atomic mass is 32.3. The van der Waals surface area contributed by atoms with E-state index in [0.717, 1.165) is 24.3 Å². The first-order chi connectivity index (χ1) is 12.7. The van der Waals surface area contributed by atoms with Gasteiger partial charge in [-0.15, -0.1) is 4.28 Å². The number of amides is 4. The van der Waals surface area contributed by atoms with Crippen LogP contribution in [-0.2, 0) is 24.3 Å². The molecular weight excluding hydrogens is 382 g/mol. The Morgan fingerprint density at radius 1 is 1.33 bits per heavy atom. The molecule has 0 saturated carbocycles. The third kappa shape index (κ3) is 4.38. The highest BCUT2D eigenvalue weighted by Crippen LogP contribution is 2.31. The van der Waals surface area contributed by atoms with Crippen LogP contribution in [-0.4, -0.2) is 77.5 Å². The van der Waals surface area contributed by atoms with Gasteiger partial charge in [0.25, 0.3) is 5.91 Å². The molecule has 27 heavy (non-hydrogen) atoms. The van der Waals surface area contributed by atoms with E-state index in [4.69, 9.17) is 10.4 Å². The summed E-state index contributed by atoms with van der Waals surface area (Å²) in [4.78, 5) is 38.4. The van der Waals surface area contributed by atoms with E-state index in [-0.39, 0.29) is 31.7 Å². The van der Waals surface area contributed by atoms with Crippen molar-refractivity contribution in [3.63, 3.8) is 0 Å². The number of fused-ring (bicyclic) bond motifs is 2. The van der Waals surface area contributed by atoms with Crippen molar-refractivity contribution in [3.8, 4) is 0 Å². The van der Waals surface area contributed by atoms with E-state index in [0.29, 0.717) is 16.6 Å². The van der Waals surface area contributed by atoms with Crippen molar-refractivity contribution in [1.82, 2.24) is 20.3 Å². The van der Waals surface area contributed by atoms with E-state index in [2.05, 4.69) is 9.60 Å². The van der Waals surface area contributed by atoms with Crippen molar-refractivity contribution in [2.24, 2.45) is 11.8 Å². The molecular formula is C14H23N5O7S. The van der Waals surface area contributed by atoms with Gasteiger partial charge >= 0.3 is 16.4 Å². The summed E-state index contributed by atoms with van der Waals surface area (Å²) in [5.41, 5.74) is 0. The minimum absolute atomic E-state index is 0.0410. The van der Waals surface area contributed by atoms with Gasteiger partial charge in [0.2, 0.25) is 5.91 Å². The number of hydrogen-bond donors (Lipinski definition) is 3. The maximum atomic E-state index is 12.7. The average molecular weight is 405 g/mol. The molecule has 4 N–H and O–H groups in total. The summed E-state index contributed by atoms with van der Waals surface area (Å²) in [5.74, 6) is 4.58. The number of piperidine rings is 2. The monoisotopic (exact) mass is 405 g/mol. The lowest BCUT2D eigenvalue weighted by molar-refractivity contribution is -0.149. The lowest BCUT2D eigenvalue weighted by atomic mass is 9.95. The third-order valence-electron chi connectivity index (χ3n) is 5.15. The van der Waals surface area contributed by atoms with Gasteiger partial charge in [-0.25, -0.2) is 15.6 Å². The molecule has 1 unspecified atom stereocenters. The van der Waals surface area contributed by atoms with Gasteiger partial charge in [-0.3, -0.25) is 14.1 Å². The molecule has 3 saturated heterocycles. The number of nitrogens with one attached hydrogen (secondary N) is 1. The summed E-state index contributed by atoms with van der Waals surface area (Å²) in [6.07, 6.45) is 2.43. The Bertz CT molecular complexity index is 723. The molecule has 3 aliphatic heterocycles. The standard InChI is InChI=1S/C14H23N5O7S/c15-18(12(20)6-9-2-1-5-16-7-9)13(21)11-4-3-10-8-17(11)14(22)19(10)26-27(23,24)25/h9-11,16H,1-8,15H2,(H,23,24,25)/t9?,10-,11+/m1/s1. The minimum Gasteiger partial charge on any atom is -0.316 e. The molecule has 0 aromatic carbocycles. The molecule has 3 aliphatic rings. The molecule has 4 amide bonds. The molecule has 0 aliphatic carbocycles. The lowest BCUT2D eigenvalue weighted by Crippen LogP contribution is -2.55. The largest absolute Gasteiger partial charge is 0.418 e. The predicted molar refractivity (Wildman–Crippen MR) is 89.6 cm³/mol. The molecule has 3 fully saturated rings. The minimum atomic E-state index is -4.86. The van der Waals surface area contributed by atoms with Crippen LogP contribution in [0.15, 0.2) is 0 Å². The Morgan fingerprint density at radius 3 is 2.70 bits per heavy atom. The van der Waals surface area contributed by atoms with E-state index < -0.39 is 40.3 Å². The van der Waals surface area contributed by atoms with Crippen LogP contribution in [0.1, 0.15) is 32.1 Å². The normalized spacial score (nSPS) is 28.4. The summed E-state index contributed by atoms with van der Waals surface area (Å²) in [7, 11) is -4.86. The van der Waals surface area contributed by atoms with Crippen molar-refractivity contribution in [3.05, 3.63) is 0 Å². The number of hydrogen-bond acceptors (Lipinski definition) is 8. The number of hydroxylamine groups is 2. The van der Waals surface area contributed by atoms with Crippen LogP contribution in [0.2, 0.25) is 0 Å². The quantitative estimate of drug-likeness (QED) is 0.216. The number of hydrazine groups is 1. The van der Waals surface area contributed by atoms with Gasteiger partial charge in [-0.2, -0.15) is 13.5 Å². The number of carbonyl (C=O) groups excluding carboxylic acids is 3. The van der Waals surface area contributed by atoms with E-state index in [9.17, 15) is 22.8 Å². The topological polar surface area (TPSA) is 163 Å². The number of rotatable bonds is 5. The van der Waals surface area contributed by atoms with Crippen molar-refractivity contribution in [2.45, 2.75) is 44.2 Å². The van der Waals surface area contributed by atoms with E-state index >= 15 is 0 Å². The zero-order valence-corrected chi connectivity index (χ0v) is 15.4. The molecule has 152 valence electrons. The predicted octanol–water partition coefficient (Wildman–Crippen LogP) is -1.39. The number of nitrogens with two attached hydrogens (primary N) is 1. The Morgan fingerprint density at radius 2 is 2.07 bits per heavy atom. The van der Waals surface area contributed by atoms with Gasteiger partial charge in [-0.05, 0) is 44.7 Å². The fourth-order valence-corrected chi connectivity index (χ4v) is 4.20. The zero-order valence-electron chi connectivity index (χ0n) is 14.6. The van der Waals surface area contributed by atoms with E-state index in [1.54, 1.807) is 0 Å². The van der Waals surface area contributed by atoms with Crippen LogP contribution in [0.4, 0.5) is 4.79 Å². The summed E-state index contributed by atoms with van der Waals surface area (Å²) in [5, 5.41) is 4.28. The first-order valence-electron chi connectivity index (χ1n) is 8.76. The van der Waals surface area contributed by atoms with Gasteiger partial charge in [-0.1, -0.05) is 0 Å². The Kier molecular flexibility index (Phi) is 5.67. The average Bonchev–Trinajstić information content (AvgIpc) is 2.85. The molecule has 0 spiro atoms. The number of imide groups is 1. The fourth-order valence-electron chi connectivity index (χ4n) is 3.82. The Hall–Kier alpha value is -1.80. The van der Waals surface area contributed by atoms with Crippen LogP contribution >= 0.6 is 0 Å². The van der Waals surface area contributed by atoms with Crippen LogP contribution in [0, 0.1) is 5.92 Å². The Labute approximate surface area is 156 Å². The van der Waals surface area contributed by atoms with Gasteiger partial charge in [0.1, 0.15) is 6.04 Å². The van der Waals surface area contributed by atoms with Crippen molar-refractivity contribution < 1.29 is 31.6 Å².